The van der Waals surface area contributed by atoms with Gasteiger partial charge in [0.2, 0.25) is 0 Å². The van der Waals surface area contributed by atoms with Gasteiger partial charge in [-0.05, 0) is 19.3 Å². The van der Waals surface area contributed by atoms with E-state index in [0.717, 1.165) is 44.5 Å². The Labute approximate surface area is 104 Å². The molecule has 1 N–H and O–H groups in total. The summed E-state index contributed by atoms with van der Waals surface area (Å²) in [4.78, 5) is 0. The summed E-state index contributed by atoms with van der Waals surface area (Å²) in [5.74, 6) is 2.27. The van der Waals surface area contributed by atoms with Crippen molar-refractivity contribution in [2.45, 2.75) is 71.9 Å². The summed E-state index contributed by atoms with van der Waals surface area (Å²) < 4.78 is 2.11. The molecule has 0 bridgehead atoms. The highest BCUT2D eigenvalue weighted by molar-refractivity contribution is 5.02. The highest BCUT2D eigenvalue weighted by Gasteiger charge is 2.19. The summed E-state index contributed by atoms with van der Waals surface area (Å²) in [6.45, 7) is 7.44. The normalized spacial score (nSPS) is 11.4. The molecule has 0 aliphatic heterocycles. The van der Waals surface area contributed by atoms with Gasteiger partial charge in [-0.25, -0.2) is 0 Å². The first kappa shape index (κ1) is 14.2. The Kier molecular flexibility index (Phi) is 6.19. The standard InChI is InChI=1S/C13H25N3O/c1-4-7-11(8-5-2)13-15-14-12(10-17)16(13)9-6-3/h11,17H,4-10H2,1-3H3. The molecule has 4 heteroatoms. The second-order valence-electron chi connectivity index (χ2n) is 4.56. The summed E-state index contributed by atoms with van der Waals surface area (Å²) >= 11 is 0. The van der Waals surface area contributed by atoms with Crippen molar-refractivity contribution in [1.82, 2.24) is 14.8 Å². The maximum Gasteiger partial charge on any atom is 0.158 e. The van der Waals surface area contributed by atoms with Crippen molar-refractivity contribution < 1.29 is 5.11 Å². The molecule has 0 amide bonds. The molecule has 17 heavy (non-hydrogen) atoms. The molecule has 1 heterocycles. The zero-order chi connectivity index (χ0) is 12.7. The summed E-state index contributed by atoms with van der Waals surface area (Å²) in [5.41, 5.74) is 0. The van der Waals surface area contributed by atoms with E-state index in [1.807, 2.05) is 0 Å². The van der Waals surface area contributed by atoms with E-state index in [-0.39, 0.29) is 6.61 Å². The Morgan fingerprint density at radius 2 is 1.71 bits per heavy atom. The first-order valence-corrected chi connectivity index (χ1v) is 6.81. The number of hydrogen-bond donors (Lipinski definition) is 1. The third-order valence-electron chi connectivity index (χ3n) is 3.08. The number of aliphatic hydroxyl groups excluding tert-OH is 1. The Bertz CT molecular complexity index is 316. The van der Waals surface area contributed by atoms with Crippen molar-refractivity contribution in [3.63, 3.8) is 0 Å². The first-order chi connectivity index (χ1) is 8.28. The summed E-state index contributed by atoms with van der Waals surface area (Å²) in [6.07, 6.45) is 5.68. The monoisotopic (exact) mass is 239 g/mol. The second kappa shape index (κ2) is 7.43. The fourth-order valence-electron chi connectivity index (χ4n) is 2.33. The van der Waals surface area contributed by atoms with Gasteiger partial charge in [0.15, 0.2) is 5.82 Å². The average Bonchev–Trinajstić information content (AvgIpc) is 2.72. The van der Waals surface area contributed by atoms with Crippen LogP contribution in [0, 0.1) is 0 Å². The first-order valence-electron chi connectivity index (χ1n) is 6.81. The van der Waals surface area contributed by atoms with Crippen LogP contribution < -0.4 is 0 Å². The van der Waals surface area contributed by atoms with Gasteiger partial charge in [0, 0.05) is 12.5 Å². The van der Waals surface area contributed by atoms with Gasteiger partial charge >= 0.3 is 0 Å². The molecule has 0 aromatic carbocycles. The Balaban J connectivity index is 2.95. The van der Waals surface area contributed by atoms with Crippen LogP contribution in [-0.4, -0.2) is 19.9 Å². The number of aliphatic hydroxyl groups is 1. The minimum absolute atomic E-state index is 0.0159. The molecule has 0 saturated heterocycles. The fraction of sp³-hybridized carbons (Fsp3) is 0.846. The molecule has 0 aliphatic carbocycles. The van der Waals surface area contributed by atoms with E-state index >= 15 is 0 Å². The number of nitrogens with zero attached hydrogens (tertiary/aromatic N) is 3. The van der Waals surface area contributed by atoms with Crippen molar-refractivity contribution in [1.29, 1.82) is 0 Å². The predicted octanol–water partition coefficient (Wildman–Crippen LogP) is 2.86. The third kappa shape index (κ3) is 3.53. The molecule has 0 atom stereocenters. The molecule has 0 saturated carbocycles. The van der Waals surface area contributed by atoms with Crippen molar-refractivity contribution in [3.05, 3.63) is 11.6 Å². The van der Waals surface area contributed by atoms with Crippen LogP contribution in [0.3, 0.4) is 0 Å². The number of aromatic nitrogens is 3. The van der Waals surface area contributed by atoms with E-state index in [0.29, 0.717) is 11.7 Å². The van der Waals surface area contributed by atoms with Gasteiger partial charge in [0.25, 0.3) is 0 Å². The zero-order valence-electron chi connectivity index (χ0n) is 11.3. The Morgan fingerprint density at radius 3 is 2.18 bits per heavy atom. The SMILES string of the molecule is CCCC(CCC)c1nnc(CO)n1CCC. The van der Waals surface area contributed by atoms with E-state index < -0.39 is 0 Å². The van der Waals surface area contributed by atoms with Crippen LogP contribution >= 0.6 is 0 Å². The highest BCUT2D eigenvalue weighted by atomic mass is 16.3. The molecule has 0 fully saturated rings. The summed E-state index contributed by atoms with van der Waals surface area (Å²) in [5, 5.41) is 17.7. The second-order valence-corrected chi connectivity index (χ2v) is 4.56. The van der Waals surface area contributed by atoms with Crippen LogP contribution in [0.25, 0.3) is 0 Å². The molecule has 0 spiro atoms. The minimum atomic E-state index is -0.0159. The molecule has 98 valence electrons. The van der Waals surface area contributed by atoms with E-state index in [1.165, 1.54) is 0 Å². The molecular weight excluding hydrogens is 214 g/mol. The molecule has 0 aliphatic rings. The number of rotatable bonds is 8. The smallest absolute Gasteiger partial charge is 0.158 e. The van der Waals surface area contributed by atoms with Gasteiger partial charge in [-0.15, -0.1) is 10.2 Å². The van der Waals surface area contributed by atoms with Crippen LogP contribution in [-0.2, 0) is 13.2 Å². The maximum absolute atomic E-state index is 9.28. The largest absolute Gasteiger partial charge is 0.388 e. The molecule has 1 rings (SSSR count). The van der Waals surface area contributed by atoms with Gasteiger partial charge in [-0.1, -0.05) is 33.6 Å². The van der Waals surface area contributed by atoms with Crippen molar-refractivity contribution in [2.75, 3.05) is 0 Å². The van der Waals surface area contributed by atoms with E-state index in [4.69, 9.17) is 0 Å². The van der Waals surface area contributed by atoms with Crippen molar-refractivity contribution in [2.24, 2.45) is 0 Å². The number of hydrogen-bond acceptors (Lipinski definition) is 3. The minimum Gasteiger partial charge on any atom is -0.388 e. The zero-order valence-corrected chi connectivity index (χ0v) is 11.3. The van der Waals surface area contributed by atoms with Gasteiger partial charge in [-0.3, -0.25) is 0 Å². The molecule has 4 nitrogen and oxygen atoms in total. The van der Waals surface area contributed by atoms with E-state index in [1.54, 1.807) is 0 Å². The molecule has 0 unspecified atom stereocenters. The average molecular weight is 239 g/mol. The van der Waals surface area contributed by atoms with Crippen LogP contribution in [0.1, 0.15) is 70.4 Å². The Hall–Kier alpha value is -0.900. The topological polar surface area (TPSA) is 50.9 Å². The molecule has 1 aromatic heterocycles. The van der Waals surface area contributed by atoms with Crippen LogP contribution in [0.4, 0.5) is 0 Å². The van der Waals surface area contributed by atoms with E-state index in [9.17, 15) is 5.11 Å². The lowest BCUT2D eigenvalue weighted by atomic mass is 9.97. The van der Waals surface area contributed by atoms with Crippen molar-refractivity contribution >= 4 is 0 Å². The van der Waals surface area contributed by atoms with Crippen LogP contribution in [0.15, 0.2) is 0 Å². The quantitative estimate of drug-likeness (QED) is 0.759. The van der Waals surface area contributed by atoms with E-state index in [2.05, 4.69) is 35.5 Å². The van der Waals surface area contributed by atoms with Gasteiger partial charge in [0.1, 0.15) is 12.4 Å². The molecular formula is C13H25N3O. The van der Waals surface area contributed by atoms with Gasteiger partial charge in [0.05, 0.1) is 0 Å². The lowest BCUT2D eigenvalue weighted by Crippen LogP contribution is -2.12. The fourth-order valence-corrected chi connectivity index (χ4v) is 2.33. The lowest BCUT2D eigenvalue weighted by molar-refractivity contribution is 0.263. The lowest BCUT2D eigenvalue weighted by Gasteiger charge is -2.16. The van der Waals surface area contributed by atoms with Crippen molar-refractivity contribution in [3.8, 4) is 0 Å². The Morgan fingerprint density at radius 1 is 1.06 bits per heavy atom. The van der Waals surface area contributed by atoms with Crippen LogP contribution in [0.5, 0.6) is 0 Å². The molecule has 0 radical (unpaired) electrons. The van der Waals surface area contributed by atoms with Gasteiger partial charge in [-0.2, -0.15) is 0 Å². The summed E-state index contributed by atoms with van der Waals surface area (Å²) in [6, 6.07) is 0. The summed E-state index contributed by atoms with van der Waals surface area (Å²) in [7, 11) is 0. The highest BCUT2D eigenvalue weighted by Crippen LogP contribution is 2.25. The maximum atomic E-state index is 9.28. The van der Waals surface area contributed by atoms with Gasteiger partial charge < -0.3 is 9.67 Å². The van der Waals surface area contributed by atoms with Crippen LogP contribution in [0.2, 0.25) is 0 Å². The predicted molar refractivity (Wildman–Crippen MR) is 68.8 cm³/mol. The molecule has 1 aromatic rings. The third-order valence-corrected chi connectivity index (χ3v) is 3.08.